The maximum atomic E-state index is 11.6. The third-order valence-corrected chi connectivity index (χ3v) is 3.38. The highest BCUT2D eigenvalue weighted by Crippen LogP contribution is 2.27. The highest BCUT2D eigenvalue weighted by Gasteiger charge is 2.16. The van der Waals surface area contributed by atoms with Crippen molar-refractivity contribution in [3.63, 3.8) is 0 Å². The van der Waals surface area contributed by atoms with Gasteiger partial charge in [-0.2, -0.15) is 0 Å². The molecule has 1 heterocycles. The number of hydrogen-bond donors (Lipinski definition) is 0. The van der Waals surface area contributed by atoms with E-state index in [0.717, 1.165) is 22.6 Å². The smallest absolute Gasteiger partial charge is 0.307 e. The Balaban J connectivity index is 2.37. The average Bonchev–Trinajstić information content (AvgIpc) is 2.83. The summed E-state index contributed by atoms with van der Waals surface area (Å²) in [6.45, 7) is 4.52. The zero-order valence-electron chi connectivity index (χ0n) is 12.4. The van der Waals surface area contributed by atoms with Gasteiger partial charge in [0.25, 0.3) is 0 Å². The molecule has 0 aliphatic heterocycles. The molecule has 0 saturated heterocycles. The van der Waals surface area contributed by atoms with Crippen LogP contribution in [0.2, 0.25) is 0 Å². The summed E-state index contributed by atoms with van der Waals surface area (Å²) in [6, 6.07) is 5.64. The molecule has 0 aliphatic carbocycles. The van der Waals surface area contributed by atoms with Crippen LogP contribution in [-0.2, 0) is 16.1 Å². The van der Waals surface area contributed by atoms with E-state index >= 15 is 0 Å². The van der Waals surface area contributed by atoms with Crippen molar-refractivity contribution in [3.8, 4) is 5.75 Å². The summed E-state index contributed by atoms with van der Waals surface area (Å²) in [5.74, 6) is 1.26. The van der Waals surface area contributed by atoms with Gasteiger partial charge in [0.15, 0.2) is 0 Å². The van der Waals surface area contributed by atoms with Gasteiger partial charge in [-0.1, -0.05) is 0 Å². The number of imidazole rings is 1. The molecule has 0 radical (unpaired) electrons. The van der Waals surface area contributed by atoms with Crippen LogP contribution in [0.15, 0.2) is 18.2 Å². The van der Waals surface area contributed by atoms with Crippen LogP contribution in [0.25, 0.3) is 11.0 Å². The summed E-state index contributed by atoms with van der Waals surface area (Å²) in [5.41, 5.74) is 1.74. The van der Waals surface area contributed by atoms with Crippen molar-refractivity contribution in [2.75, 3.05) is 13.7 Å². The second kappa shape index (κ2) is 6.80. The Morgan fingerprint density at radius 2 is 2.24 bits per heavy atom. The van der Waals surface area contributed by atoms with Crippen molar-refractivity contribution in [3.05, 3.63) is 24.0 Å². The lowest BCUT2D eigenvalue weighted by molar-refractivity contribution is -0.143. The molecule has 1 unspecified atom stereocenters. The molecule has 21 heavy (non-hydrogen) atoms. The molecule has 0 aliphatic rings. The lowest BCUT2D eigenvalue weighted by Crippen LogP contribution is -2.11. The number of aromatic nitrogens is 2. The number of alkyl halides is 1. The maximum absolute atomic E-state index is 11.6. The second-order valence-electron chi connectivity index (χ2n) is 4.65. The molecule has 1 aromatic carbocycles. The fourth-order valence-corrected chi connectivity index (χ4v) is 2.39. The first-order valence-electron chi connectivity index (χ1n) is 6.90. The van der Waals surface area contributed by atoms with Crippen molar-refractivity contribution in [2.45, 2.75) is 32.2 Å². The van der Waals surface area contributed by atoms with Crippen LogP contribution in [0.1, 0.15) is 31.5 Å². The van der Waals surface area contributed by atoms with Crippen molar-refractivity contribution >= 4 is 28.6 Å². The maximum Gasteiger partial charge on any atom is 0.307 e. The molecule has 1 atom stereocenters. The van der Waals surface area contributed by atoms with Gasteiger partial charge in [-0.25, -0.2) is 4.98 Å². The number of carbonyl (C=O) groups is 1. The van der Waals surface area contributed by atoms with Crippen LogP contribution < -0.4 is 4.74 Å². The fraction of sp³-hybridized carbons (Fsp3) is 0.467. The van der Waals surface area contributed by atoms with Gasteiger partial charge >= 0.3 is 5.97 Å². The SMILES string of the molecule is CCOC(=O)CCn1c(C(C)Cl)nc2ccc(OC)cc21. The first kappa shape index (κ1) is 15.6. The summed E-state index contributed by atoms with van der Waals surface area (Å²) in [5, 5.41) is -0.245. The molecule has 0 N–H and O–H groups in total. The average molecular weight is 311 g/mol. The highest BCUT2D eigenvalue weighted by atomic mass is 35.5. The summed E-state index contributed by atoms with van der Waals surface area (Å²) in [4.78, 5) is 16.1. The number of esters is 1. The van der Waals surface area contributed by atoms with E-state index in [-0.39, 0.29) is 17.8 Å². The van der Waals surface area contributed by atoms with E-state index in [1.54, 1.807) is 14.0 Å². The molecule has 114 valence electrons. The Bertz CT molecular complexity index is 637. The number of rotatable bonds is 6. The first-order chi connectivity index (χ1) is 10.1. The largest absolute Gasteiger partial charge is 0.497 e. The molecule has 0 bridgehead atoms. The van der Waals surface area contributed by atoms with Gasteiger partial charge in [-0.3, -0.25) is 4.79 Å². The Morgan fingerprint density at radius 3 is 2.86 bits per heavy atom. The van der Waals surface area contributed by atoms with E-state index in [2.05, 4.69) is 4.98 Å². The van der Waals surface area contributed by atoms with E-state index in [0.29, 0.717) is 13.2 Å². The zero-order chi connectivity index (χ0) is 15.4. The second-order valence-corrected chi connectivity index (χ2v) is 5.30. The lowest BCUT2D eigenvalue weighted by atomic mass is 10.3. The predicted molar refractivity (Wildman–Crippen MR) is 81.8 cm³/mol. The third-order valence-electron chi connectivity index (χ3n) is 3.19. The number of aryl methyl sites for hydroxylation is 1. The predicted octanol–water partition coefficient (Wildman–Crippen LogP) is 3.30. The Morgan fingerprint density at radius 1 is 1.48 bits per heavy atom. The molecular formula is C15H19ClN2O3. The number of halogens is 1. The molecule has 1 aromatic heterocycles. The number of carbonyl (C=O) groups excluding carboxylic acids is 1. The summed E-state index contributed by atoms with van der Waals surface area (Å²) in [7, 11) is 1.62. The van der Waals surface area contributed by atoms with Crippen LogP contribution in [0, 0.1) is 0 Å². The van der Waals surface area contributed by atoms with E-state index in [4.69, 9.17) is 21.1 Å². The van der Waals surface area contributed by atoms with Gasteiger partial charge in [-0.05, 0) is 26.0 Å². The van der Waals surface area contributed by atoms with E-state index in [1.165, 1.54) is 0 Å². The molecular weight excluding hydrogens is 292 g/mol. The van der Waals surface area contributed by atoms with Gasteiger partial charge in [0, 0.05) is 12.6 Å². The van der Waals surface area contributed by atoms with Gasteiger partial charge in [0.05, 0.1) is 36.5 Å². The Labute approximate surface area is 128 Å². The zero-order valence-corrected chi connectivity index (χ0v) is 13.2. The molecule has 0 spiro atoms. The molecule has 2 aromatic rings. The van der Waals surface area contributed by atoms with E-state index in [9.17, 15) is 4.79 Å². The Kier molecular flexibility index (Phi) is 5.07. The lowest BCUT2D eigenvalue weighted by Gasteiger charge is -2.10. The van der Waals surface area contributed by atoms with Gasteiger partial charge in [0.2, 0.25) is 0 Å². The third kappa shape index (κ3) is 3.47. The van der Waals surface area contributed by atoms with Gasteiger partial charge in [-0.15, -0.1) is 11.6 Å². The van der Waals surface area contributed by atoms with Crippen LogP contribution >= 0.6 is 11.6 Å². The van der Waals surface area contributed by atoms with Crippen molar-refractivity contribution < 1.29 is 14.3 Å². The van der Waals surface area contributed by atoms with Crippen molar-refractivity contribution in [1.29, 1.82) is 0 Å². The number of methoxy groups -OCH3 is 1. The molecule has 2 rings (SSSR count). The van der Waals surface area contributed by atoms with Crippen LogP contribution in [0.5, 0.6) is 5.75 Å². The fourth-order valence-electron chi connectivity index (χ4n) is 2.22. The minimum atomic E-state index is -0.245. The molecule has 5 nitrogen and oxygen atoms in total. The van der Waals surface area contributed by atoms with Crippen LogP contribution in [-0.4, -0.2) is 29.2 Å². The first-order valence-corrected chi connectivity index (χ1v) is 7.34. The molecule has 0 amide bonds. The minimum Gasteiger partial charge on any atom is -0.497 e. The number of ether oxygens (including phenoxy) is 2. The van der Waals surface area contributed by atoms with Crippen molar-refractivity contribution in [1.82, 2.24) is 9.55 Å². The quantitative estimate of drug-likeness (QED) is 0.607. The molecule has 0 fully saturated rings. The topological polar surface area (TPSA) is 53.4 Å². The summed E-state index contributed by atoms with van der Waals surface area (Å²) >= 11 is 6.20. The normalized spacial score (nSPS) is 12.4. The van der Waals surface area contributed by atoms with Gasteiger partial charge in [0.1, 0.15) is 11.6 Å². The standard InChI is InChI=1S/C15H19ClN2O3/c1-4-21-14(19)7-8-18-13-9-11(20-3)5-6-12(13)17-15(18)10(2)16/h5-6,9-10H,4,7-8H2,1-3H3. The number of nitrogens with zero attached hydrogens (tertiary/aromatic N) is 2. The van der Waals surface area contributed by atoms with Crippen LogP contribution in [0.4, 0.5) is 0 Å². The Hall–Kier alpha value is -1.75. The summed E-state index contributed by atoms with van der Waals surface area (Å²) < 4.78 is 12.2. The minimum absolute atomic E-state index is 0.226. The number of benzene rings is 1. The molecule has 0 saturated carbocycles. The van der Waals surface area contributed by atoms with Crippen LogP contribution in [0.3, 0.4) is 0 Å². The monoisotopic (exact) mass is 310 g/mol. The van der Waals surface area contributed by atoms with Gasteiger partial charge < -0.3 is 14.0 Å². The summed E-state index contributed by atoms with van der Waals surface area (Å²) in [6.07, 6.45) is 0.285. The molecule has 6 heteroatoms. The van der Waals surface area contributed by atoms with Crippen molar-refractivity contribution in [2.24, 2.45) is 0 Å². The number of fused-ring (bicyclic) bond motifs is 1. The number of hydrogen-bond acceptors (Lipinski definition) is 4. The highest BCUT2D eigenvalue weighted by molar-refractivity contribution is 6.20. The van der Waals surface area contributed by atoms with E-state index in [1.807, 2.05) is 29.7 Å². The van der Waals surface area contributed by atoms with E-state index < -0.39 is 0 Å².